The number of carbonyl (C=O) groups excluding carboxylic acids is 1. The van der Waals surface area contributed by atoms with Gasteiger partial charge in [0.15, 0.2) is 0 Å². The summed E-state index contributed by atoms with van der Waals surface area (Å²) < 4.78 is 5.08. The highest BCUT2D eigenvalue weighted by atomic mass is 16.5. The zero-order chi connectivity index (χ0) is 12.4. The van der Waals surface area contributed by atoms with Crippen LogP contribution in [0.1, 0.15) is 41.6 Å². The van der Waals surface area contributed by atoms with Gasteiger partial charge >= 0.3 is 0 Å². The molecule has 2 rings (SSSR count). The summed E-state index contributed by atoms with van der Waals surface area (Å²) in [6, 6.07) is -0.0542. The number of aliphatic hydroxyl groups excluding tert-OH is 1. The van der Waals surface area contributed by atoms with E-state index in [9.17, 15) is 9.90 Å². The second-order valence-electron chi connectivity index (χ2n) is 4.39. The molecule has 1 atom stereocenters. The Morgan fingerprint density at radius 2 is 2.41 bits per heavy atom. The Morgan fingerprint density at radius 1 is 1.65 bits per heavy atom. The Morgan fingerprint density at radius 3 is 3.06 bits per heavy atom. The molecule has 0 aromatic carbocycles. The van der Waals surface area contributed by atoms with Crippen LogP contribution in [0.2, 0.25) is 0 Å². The molecule has 0 unspecified atom stereocenters. The van der Waals surface area contributed by atoms with Crippen LogP contribution in [0.15, 0.2) is 4.52 Å². The van der Waals surface area contributed by atoms with Crippen LogP contribution in [0.3, 0.4) is 0 Å². The standard InChI is InChI=1S/C12H18N2O3/c1-3-10-11(8(2)17-13-10)12(16)14-6-4-5-9(14)7-15/h9,15H,3-7H2,1-2H3/t9-/m1/s1. The van der Waals surface area contributed by atoms with Crippen molar-refractivity contribution in [3.63, 3.8) is 0 Å². The van der Waals surface area contributed by atoms with Crippen LogP contribution >= 0.6 is 0 Å². The topological polar surface area (TPSA) is 66.6 Å². The Balaban J connectivity index is 2.27. The third kappa shape index (κ3) is 2.07. The van der Waals surface area contributed by atoms with Gasteiger partial charge in [-0.2, -0.15) is 0 Å². The molecule has 1 aliphatic heterocycles. The lowest BCUT2D eigenvalue weighted by atomic mass is 10.1. The lowest BCUT2D eigenvalue weighted by Crippen LogP contribution is -2.38. The molecule has 5 heteroatoms. The predicted octanol–water partition coefficient (Wildman–Crippen LogP) is 1.14. The first-order valence-electron chi connectivity index (χ1n) is 6.06. The highest BCUT2D eigenvalue weighted by Gasteiger charge is 2.32. The zero-order valence-electron chi connectivity index (χ0n) is 10.3. The van der Waals surface area contributed by atoms with Crippen molar-refractivity contribution >= 4 is 5.91 Å². The number of nitrogens with zero attached hydrogens (tertiary/aromatic N) is 2. The van der Waals surface area contributed by atoms with E-state index in [0.29, 0.717) is 30.0 Å². The normalized spacial score (nSPS) is 19.9. The number of carbonyl (C=O) groups is 1. The molecular weight excluding hydrogens is 220 g/mol. The molecule has 1 aromatic rings. The van der Waals surface area contributed by atoms with Gasteiger partial charge in [0.05, 0.1) is 18.3 Å². The maximum atomic E-state index is 12.4. The van der Waals surface area contributed by atoms with E-state index < -0.39 is 0 Å². The quantitative estimate of drug-likeness (QED) is 0.857. The van der Waals surface area contributed by atoms with Crippen molar-refractivity contribution in [1.29, 1.82) is 0 Å². The summed E-state index contributed by atoms with van der Waals surface area (Å²) in [5, 5.41) is 13.1. The van der Waals surface area contributed by atoms with Gasteiger partial charge in [0.2, 0.25) is 0 Å². The molecule has 0 bridgehead atoms. The Kier molecular flexibility index (Phi) is 3.47. The first-order chi connectivity index (χ1) is 8.19. The van der Waals surface area contributed by atoms with Crippen LogP contribution in [0.5, 0.6) is 0 Å². The molecule has 1 saturated heterocycles. The minimum Gasteiger partial charge on any atom is -0.394 e. The van der Waals surface area contributed by atoms with E-state index in [2.05, 4.69) is 5.16 Å². The van der Waals surface area contributed by atoms with Crippen LogP contribution in [-0.4, -0.2) is 40.3 Å². The molecular formula is C12H18N2O3. The fraction of sp³-hybridized carbons (Fsp3) is 0.667. The molecule has 0 spiro atoms. The van der Waals surface area contributed by atoms with Gasteiger partial charge in [0, 0.05) is 6.54 Å². The summed E-state index contributed by atoms with van der Waals surface area (Å²) in [7, 11) is 0. The average Bonchev–Trinajstić information content (AvgIpc) is 2.93. The van der Waals surface area contributed by atoms with E-state index in [1.54, 1.807) is 11.8 Å². The van der Waals surface area contributed by atoms with Gasteiger partial charge in [-0.3, -0.25) is 4.79 Å². The second kappa shape index (κ2) is 4.87. The van der Waals surface area contributed by atoms with E-state index in [-0.39, 0.29) is 18.6 Å². The van der Waals surface area contributed by atoms with Gasteiger partial charge in [-0.15, -0.1) is 0 Å². The molecule has 0 radical (unpaired) electrons. The van der Waals surface area contributed by atoms with Crippen LogP contribution in [0.4, 0.5) is 0 Å². The number of aryl methyl sites for hydroxylation is 2. The first kappa shape index (κ1) is 12.1. The van der Waals surface area contributed by atoms with Crippen LogP contribution < -0.4 is 0 Å². The third-order valence-electron chi connectivity index (χ3n) is 3.33. The monoisotopic (exact) mass is 238 g/mol. The van der Waals surface area contributed by atoms with Crippen molar-refractivity contribution in [1.82, 2.24) is 10.1 Å². The third-order valence-corrected chi connectivity index (χ3v) is 3.33. The number of hydrogen-bond acceptors (Lipinski definition) is 4. The van der Waals surface area contributed by atoms with Crippen LogP contribution in [0, 0.1) is 6.92 Å². The SMILES string of the molecule is CCc1noc(C)c1C(=O)N1CCC[C@@H]1CO. The summed E-state index contributed by atoms with van der Waals surface area (Å²) in [4.78, 5) is 14.1. The second-order valence-corrected chi connectivity index (χ2v) is 4.39. The molecule has 1 aromatic heterocycles. The van der Waals surface area contributed by atoms with E-state index in [1.807, 2.05) is 6.92 Å². The Hall–Kier alpha value is -1.36. The maximum Gasteiger partial charge on any atom is 0.259 e. The highest BCUT2D eigenvalue weighted by Crippen LogP contribution is 2.23. The Bertz CT molecular complexity index is 414. The molecule has 5 nitrogen and oxygen atoms in total. The molecule has 0 aliphatic carbocycles. The molecule has 94 valence electrons. The molecule has 1 N–H and O–H groups in total. The number of rotatable bonds is 3. The Labute approximate surface area is 100 Å². The van der Waals surface area contributed by atoms with Gasteiger partial charge in [-0.1, -0.05) is 12.1 Å². The summed E-state index contributed by atoms with van der Waals surface area (Å²) in [5.74, 6) is 0.507. The van der Waals surface area contributed by atoms with E-state index in [0.717, 1.165) is 12.8 Å². The van der Waals surface area contributed by atoms with Crippen molar-refractivity contribution in [2.24, 2.45) is 0 Å². The summed E-state index contributed by atoms with van der Waals surface area (Å²) in [6.07, 6.45) is 2.49. The van der Waals surface area contributed by atoms with Crippen LogP contribution in [-0.2, 0) is 6.42 Å². The molecule has 2 heterocycles. The van der Waals surface area contributed by atoms with Gasteiger partial charge in [-0.05, 0) is 26.2 Å². The number of aromatic nitrogens is 1. The zero-order valence-corrected chi connectivity index (χ0v) is 10.3. The van der Waals surface area contributed by atoms with Crippen molar-refractivity contribution in [3.05, 3.63) is 17.0 Å². The summed E-state index contributed by atoms with van der Waals surface area (Å²) in [6.45, 7) is 4.43. The fourth-order valence-corrected chi connectivity index (χ4v) is 2.37. The minimum absolute atomic E-state index is 0.0253. The first-order valence-corrected chi connectivity index (χ1v) is 6.06. The molecule has 0 saturated carbocycles. The van der Waals surface area contributed by atoms with Gasteiger partial charge in [0.1, 0.15) is 11.3 Å². The number of aliphatic hydroxyl groups is 1. The lowest BCUT2D eigenvalue weighted by Gasteiger charge is -2.22. The highest BCUT2D eigenvalue weighted by molar-refractivity contribution is 5.96. The van der Waals surface area contributed by atoms with E-state index in [1.165, 1.54) is 0 Å². The molecule has 1 fully saturated rings. The van der Waals surface area contributed by atoms with Crippen molar-refractivity contribution < 1.29 is 14.4 Å². The molecule has 1 aliphatic rings. The molecule has 17 heavy (non-hydrogen) atoms. The average molecular weight is 238 g/mol. The number of hydrogen-bond donors (Lipinski definition) is 1. The van der Waals surface area contributed by atoms with Gasteiger partial charge < -0.3 is 14.5 Å². The number of likely N-dealkylation sites (tertiary alicyclic amines) is 1. The number of amides is 1. The smallest absolute Gasteiger partial charge is 0.259 e. The molecule has 1 amide bonds. The largest absolute Gasteiger partial charge is 0.394 e. The van der Waals surface area contributed by atoms with E-state index >= 15 is 0 Å². The predicted molar refractivity (Wildman–Crippen MR) is 61.8 cm³/mol. The minimum atomic E-state index is -0.0582. The van der Waals surface area contributed by atoms with Gasteiger partial charge in [0.25, 0.3) is 5.91 Å². The lowest BCUT2D eigenvalue weighted by molar-refractivity contribution is 0.0675. The van der Waals surface area contributed by atoms with Crippen molar-refractivity contribution in [2.45, 2.75) is 39.2 Å². The van der Waals surface area contributed by atoms with Crippen molar-refractivity contribution in [3.8, 4) is 0 Å². The van der Waals surface area contributed by atoms with Gasteiger partial charge in [-0.25, -0.2) is 0 Å². The van der Waals surface area contributed by atoms with Crippen molar-refractivity contribution in [2.75, 3.05) is 13.2 Å². The van der Waals surface area contributed by atoms with Crippen LogP contribution in [0.25, 0.3) is 0 Å². The maximum absolute atomic E-state index is 12.4. The van der Waals surface area contributed by atoms with E-state index in [4.69, 9.17) is 4.52 Å². The summed E-state index contributed by atoms with van der Waals surface area (Å²) >= 11 is 0. The fourth-order valence-electron chi connectivity index (χ4n) is 2.37. The summed E-state index contributed by atoms with van der Waals surface area (Å²) in [5.41, 5.74) is 1.28.